The Balaban J connectivity index is 4.41. The smallest absolute Gasteiger partial charge is 0.463 e. The molecule has 606 valence electrons. The van der Waals surface area contributed by atoms with E-state index in [0.29, 0.717) is 19.3 Å². The first-order valence-corrected chi connectivity index (χ1v) is 44.8. The maximum atomic E-state index is 13.0. The highest BCUT2D eigenvalue weighted by molar-refractivity contribution is 7.47. The summed E-state index contributed by atoms with van der Waals surface area (Å²) in [7, 11) is -9.80. The third kappa shape index (κ3) is 80.8. The molecule has 0 aliphatic rings. The van der Waals surface area contributed by atoms with Crippen LogP contribution < -0.4 is 0 Å². The Bertz CT molecular complexity index is 2390. The van der Waals surface area contributed by atoms with Gasteiger partial charge in [0.25, 0.3) is 0 Å². The molecule has 0 aromatic carbocycles. The van der Waals surface area contributed by atoms with E-state index in [1.165, 1.54) is 167 Å². The van der Waals surface area contributed by atoms with Gasteiger partial charge in [-0.25, -0.2) is 9.13 Å². The molecule has 0 radical (unpaired) electrons. The second-order valence-electron chi connectivity index (χ2n) is 27.9. The van der Waals surface area contributed by atoms with Gasteiger partial charge in [-0.3, -0.25) is 32.5 Å². The number of rotatable bonds is 79. The average molecular weight is 1520 g/mol. The lowest BCUT2D eigenvalue weighted by Gasteiger charge is -2.21. The molecule has 0 aliphatic heterocycles. The van der Waals surface area contributed by atoms with Gasteiger partial charge in [-0.2, -0.15) is 0 Å². The van der Waals surface area contributed by atoms with Crippen molar-refractivity contribution in [3.8, 4) is 0 Å². The number of hydrogen-bond acceptors (Lipinski definition) is 14. The summed E-state index contributed by atoms with van der Waals surface area (Å²) in [5, 5.41) is 20.7. The number of carbonyl (C=O) groups excluding carboxylic acids is 3. The molecular formula is C87H152O16P2. The highest BCUT2D eigenvalue weighted by Crippen LogP contribution is 2.45. The SMILES string of the molecule is CC/C=C\C/C=C\C/C=C\C/C=C\C/C=C\CCCCCC(=O)OCC(COP(=O)(O)OCC(O)COP(=O)(O)OCC(O)COC(=O)CCCCCCCCCCCCCCCCCCCCC/C=C\C/C=C\C/C=C\C/C=C\CCCCC)OC(=O)CCCCCCC/C=C\CCCCCCCC. The van der Waals surface area contributed by atoms with Crippen LogP contribution in [0.1, 0.15) is 355 Å². The first-order chi connectivity index (χ1) is 51.2. The number of aliphatic hydroxyl groups is 2. The van der Waals surface area contributed by atoms with Crippen LogP contribution in [0, 0.1) is 0 Å². The van der Waals surface area contributed by atoms with Crippen molar-refractivity contribution in [3.63, 3.8) is 0 Å². The number of unbranched alkanes of at least 4 members (excludes halogenated alkanes) is 36. The van der Waals surface area contributed by atoms with Crippen molar-refractivity contribution < 1.29 is 75.8 Å². The number of phosphoric ester groups is 2. The number of hydrogen-bond donors (Lipinski definition) is 4. The van der Waals surface area contributed by atoms with E-state index in [1.54, 1.807) is 0 Å². The molecule has 0 rings (SSSR count). The van der Waals surface area contributed by atoms with Crippen LogP contribution in [0.25, 0.3) is 0 Å². The Morgan fingerprint density at radius 2 is 0.505 bits per heavy atom. The number of esters is 3. The molecule has 0 aromatic rings. The largest absolute Gasteiger partial charge is 0.472 e. The van der Waals surface area contributed by atoms with Gasteiger partial charge >= 0.3 is 33.6 Å². The van der Waals surface area contributed by atoms with Gasteiger partial charge < -0.3 is 34.2 Å². The van der Waals surface area contributed by atoms with Crippen LogP contribution in [0.2, 0.25) is 0 Å². The Hall–Kier alpha value is -4.05. The summed E-state index contributed by atoms with van der Waals surface area (Å²) in [5.41, 5.74) is 0. The first-order valence-electron chi connectivity index (χ1n) is 41.8. The lowest BCUT2D eigenvalue weighted by Crippen LogP contribution is -2.30. The molecule has 105 heavy (non-hydrogen) atoms. The second kappa shape index (κ2) is 79.5. The van der Waals surface area contributed by atoms with Crippen LogP contribution in [0.4, 0.5) is 0 Å². The summed E-state index contributed by atoms with van der Waals surface area (Å²) in [5.74, 6) is -1.61. The predicted molar refractivity (Wildman–Crippen MR) is 436 cm³/mol. The summed E-state index contributed by atoms with van der Waals surface area (Å²) in [4.78, 5) is 58.7. The van der Waals surface area contributed by atoms with Crippen molar-refractivity contribution in [1.29, 1.82) is 0 Å². The quantitative estimate of drug-likeness (QED) is 0.0146. The van der Waals surface area contributed by atoms with Gasteiger partial charge in [0.2, 0.25) is 0 Å². The van der Waals surface area contributed by atoms with Crippen molar-refractivity contribution in [2.75, 3.05) is 39.6 Å². The van der Waals surface area contributed by atoms with E-state index < -0.39 is 91.5 Å². The van der Waals surface area contributed by atoms with Gasteiger partial charge in [0, 0.05) is 19.3 Å². The molecule has 0 saturated heterocycles. The van der Waals surface area contributed by atoms with Crippen LogP contribution >= 0.6 is 15.6 Å². The highest BCUT2D eigenvalue weighted by Gasteiger charge is 2.29. The normalized spacial score (nSPS) is 14.5. The molecule has 0 bridgehead atoms. The predicted octanol–water partition coefficient (Wildman–Crippen LogP) is 24.9. The minimum absolute atomic E-state index is 0.0860. The summed E-state index contributed by atoms with van der Waals surface area (Å²) >= 11 is 0. The monoisotopic (exact) mass is 1520 g/mol. The minimum atomic E-state index is -4.94. The Labute approximate surface area is 640 Å². The molecule has 0 fully saturated rings. The topological polar surface area (TPSA) is 231 Å². The maximum absolute atomic E-state index is 13.0. The number of allylic oxidation sites excluding steroid dienone is 20. The number of ether oxygens (including phenoxy) is 3. The molecule has 0 saturated carbocycles. The molecule has 0 aromatic heterocycles. The molecule has 16 nitrogen and oxygen atoms in total. The molecule has 0 heterocycles. The fourth-order valence-corrected chi connectivity index (χ4v) is 12.9. The summed E-state index contributed by atoms with van der Waals surface area (Å²) in [6, 6.07) is 0. The van der Waals surface area contributed by atoms with Crippen molar-refractivity contribution in [1.82, 2.24) is 0 Å². The summed E-state index contributed by atoms with van der Waals surface area (Å²) in [6.07, 6.45) is 95.6. The molecule has 5 atom stereocenters. The lowest BCUT2D eigenvalue weighted by atomic mass is 10.0. The van der Waals surface area contributed by atoms with Crippen LogP contribution in [0.3, 0.4) is 0 Å². The van der Waals surface area contributed by atoms with Gasteiger partial charge in [0.05, 0.1) is 26.4 Å². The van der Waals surface area contributed by atoms with Crippen molar-refractivity contribution >= 4 is 33.6 Å². The zero-order valence-electron chi connectivity index (χ0n) is 66.4. The summed E-state index contributed by atoms with van der Waals surface area (Å²) < 4.78 is 61.1. The number of aliphatic hydroxyl groups excluding tert-OH is 2. The van der Waals surface area contributed by atoms with E-state index in [1.807, 2.05) is 0 Å². The zero-order valence-corrected chi connectivity index (χ0v) is 68.2. The molecule has 0 spiro atoms. The lowest BCUT2D eigenvalue weighted by molar-refractivity contribution is -0.161. The third-order valence-corrected chi connectivity index (χ3v) is 19.5. The zero-order chi connectivity index (χ0) is 76.6. The molecular weight excluding hydrogens is 1360 g/mol. The molecule has 0 aliphatic carbocycles. The van der Waals surface area contributed by atoms with Crippen molar-refractivity contribution in [2.24, 2.45) is 0 Å². The molecule has 4 N–H and O–H groups in total. The van der Waals surface area contributed by atoms with E-state index in [2.05, 4.69) is 142 Å². The highest BCUT2D eigenvalue weighted by atomic mass is 31.2. The van der Waals surface area contributed by atoms with E-state index in [9.17, 15) is 43.5 Å². The average Bonchev–Trinajstić information content (AvgIpc) is 0.913. The maximum Gasteiger partial charge on any atom is 0.472 e. The molecule has 5 unspecified atom stereocenters. The fraction of sp³-hybridized carbons (Fsp3) is 0.736. The van der Waals surface area contributed by atoms with Gasteiger partial charge in [-0.15, -0.1) is 0 Å². The van der Waals surface area contributed by atoms with Crippen LogP contribution in [-0.2, 0) is 55.8 Å². The fourth-order valence-electron chi connectivity index (χ4n) is 11.3. The van der Waals surface area contributed by atoms with E-state index >= 15 is 0 Å². The first kappa shape index (κ1) is 101. The Kier molecular flexibility index (Phi) is 76.4. The number of carbonyl (C=O) groups is 3. The Morgan fingerprint density at radius 3 is 0.838 bits per heavy atom. The van der Waals surface area contributed by atoms with Crippen LogP contribution in [0.15, 0.2) is 122 Å². The van der Waals surface area contributed by atoms with E-state index in [4.69, 9.17) is 32.3 Å². The minimum Gasteiger partial charge on any atom is -0.463 e. The van der Waals surface area contributed by atoms with Crippen molar-refractivity contribution in [2.45, 2.75) is 373 Å². The van der Waals surface area contributed by atoms with Gasteiger partial charge in [0.15, 0.2) is 6.10 Å². The standard InChI is InChI=1S/C87H152O16P2/c1-4-7-10-13-16-19-22-25-28-30-32-33-34-35-36-37-38-39-40-41-42-43-44-45-46-47-49-51-53-55-58-61-64-67-70-73-85(90)97-76-82(88)77-99-104(93,94)100-78-83(89)79-101-105(95,96)102-81-84(103-87(92)75-72-69-66-63-60-57-52-27-24-21-18-15-12-9-6-3)80-98-86(91)74-71-68-65-62-59-56-54-50-48-31-29-26-23-20-17-14-11-8-5-2/h8,11,16-17,19-20,25-29,32-33,35-36,48,50,52,56,59,82-84,88-89H,4-7,9-10,12-15,18,21-24,30-31,34,37-47,49,51,53-55,57-58,60-81H2,1-3H3,(H,93,94)(H,95,96)/b11-8-,19-16-,20-17-,28-25-,29-26-,33-32-,36-35-,50-48-,52-27-,59-56-. The molecule has 18 heteroatoms. The van der Waals surface area contributed by atoms with Crippen molar-refractivity contribution in [3.05, 3.63) is 122 Å². The second-order valence-corrected chi connectivity index (χ2v) is 30.8. The third-order valence-electron chi connectivity index (χ3n) is 17.6. The molecule has 0 amide bonds. The van der Waals surface area contributed by atoms with Crippen LogP contribution in [0.5, 0.6) is 0 Å². The van der Waals surface area contributed by atoms with Gasteiger partial charge in [-0.1, -0.05) is 322 Å². The summed E-state index contributed by atoms with van der Waals surface area (Å²) in [6.45, 7) is 2.51. The van der Waals surface area contributed by atoms with E-state index in [0.717, 1.165) is 128 Å². The number of phosphoric acid groups is 2. The van der Waals surface area contributed by atoms with Gasteiger partial charge in [0.1, 0.15) is 25.4 Å². The van der Waals surface area contributed by atoms with E-state index in [-0.39, 0.29) is 19.3 Å². The Morgan fingerprint density at radius 1 is 0.276 bits per heavy atom. The van der Waals surface area contributed by atoms with Gasteiger partial charge in [-0.05, 0) is 135 Å². The van der Waals surface area contributed by atoms with Crippen LogP contribution in [-0.4, -0.2) is 95.9 Å².